The highest BCUT2D eigenvalue weighted by atomic mass is 15.2. The largest absolute Gasteiger partial charge is 0.309 e. The number of rotatable bonds is 5. The second-order valence-electron chi connectivity index (χ2n) is 17.7. The van der Waals surface area contributed by atoms with Crippen molar-refractivity contribution in [2.75, 3.05) is 0 Å². The van der Waals surface area contributed by atoms with Gasteiger partial charge < -0.3 is 4.57 Å². The molecular formula is C54H45N5. The highest BCUT2D eigenvalue weighted by Crippen LogP contribution is 2.63. The average Bonchev–Trinajstić information content (AvgIpc) is 3.80. The van der Waals surface area contributed by atoms with Crippen molar-refractivity contribution in [1.82, 2.24) is 24.1 Å². The fourth-order valence-electron chi connectivity index (χ4n) is 10.1. The molecule has 1 aliphatic rings. The summed E-state index contributed by atoms with van der Waals surface area (Å²) in [6.45, 7) is 14.6. The van der Waals surface area contributed by atoms with Crippen LogP contribution in [-0.4, -0.2) is 24.1 Å². The number of hydrogen-bond acceptors (Lipinski definition) is 3. The van der Waals surface area contributed by atoms with Gasteiger partial charge in [-0.1, -0.05) is 175 Å². The molecular weight excluding hydrogens is 719 g/mol. The first kappa shape index (κ1) is 35.3. The molecule has 0 atom stereocenters. The zero-order chi connectivity index (χ0) is 40.3. The molecule has 0 spiro atoms. The van der Waals surface area contributed by atoms with E-state index in [0.717, 1.165) is 49.6 Å². The topological polar surface area (TPSA) is 48.5 Å². The van der Waals surface area contributed by atoms with Gasteiger partial charge >= 0.3 is 0 Å². The van der Waals surface area contributed by atoms with Crippen LogP contribution in [-0.2, 0) is 10.8 Å². The van der Waals surface area contributed by atoms with Gasteiger partial charge in [0.15, 0.2) is 11.6 Å². The standard InChI is InChI=1S/C54H45N5/c1-52(2)42-28-19-31-45(48(42)53(3,4)54(52,5)6)58-43-29-17-15-25-37(43)40-32-41-38-26-16-18-30-44(38)59(47(41)33-46(40)58)51-56-49(35-22-11-8-12-23-35)55-50(57-51)39-27-14-13-24-36(39)34-20-9-7-10-21-34/h7-33H,1-6H3. The summed E-state index contributed by atoms with van der Waals surface area (Å²) in [6.07, 6.45) is 0. The van der Waals surface area contributed by atoms with Gasteiger partial charge in [0.2, 0.25) is 5.95 Å². The van der Waals surface area contributed by atoms with Crippen LogP contribution in [0.5, 0.6) is 0 Å². The van der Waals surface area contributed by atoms with E-state index in [4.69, 9.17) is 15.0 Å². The van der Waals surface area contributed by atoms with E-state index in [-0.39, 0.29) is 16.2 Å². The van der Waals surface area contributed by atoms with Crippen molar-refractivity contribution in [3.05, 3.63) is 175 Å². The average molecular weight is 764 g/mol. The molecule has 1 aliphatic carbocycles. The maximum atomic E-state index is 5.39. The summed E-state index contributed by atoms with van der Waals surface area (Å²) in [6, 6.07) is 58.4. The van der Waals surface area contributed by atoms with Crippen molar-refractivity contribution < 1.29 is 0 Å². The third kappa shape index (κ3) is 4.94. The van der Waals surface area contributed by atoms with Gasteiger partial charge in [0, 0.05) is 32.7 Å². The Balaban J connectivity index is 1.24. The third-order valence-electron chi connectivity index (χ3n) is 14.3. The first-order valence-corrected chi connectivity index (χ1v) is 20.6. The summed E-state index contributed by atoms with van der Waals surface area (Å²) in [4.78, 5) is 15.9. The quantitative estimate of drug-likeness (QED) is 0.175. The Hall–Kier alpha value is -6.85. The summed E-state index contributed by atoms with van der Waals surface area (Å²) in [5.41, 5.74) is 12.5. The van der Waals surface area contributed by atoms with Gasteiger partial charge in [0.25, 0.3) is 0 Å². The summed E-state index contributed by atoms with van der Waals surface area (Å²) >= 11 is 0. The van der Waals surface area contributed by atoms with Crippen LogP contribution in [0.3, 0.4) is 0 Å². The van der Waals surface area contributed by atoms with Crippen molar-refractivity contribution in [2.24, 2.45) is 5.41 Å². The van der Waals surface area contributed by atoms with Crippen LogP contribution in [0.2, 0.25) is 0 Å². The molecule has 0 amide bonds. The molecule has 5 nitrogen and oxygen atoms in total. The second-order valence-corrected chi connectivity index (χ2v) is 17.7. The highest BCUT2D eigenvalue weighted by molar-refractivity contribution is 6.19. The number of fused-ring (bicyclic) bond motifs is 7. The maximum Gasteiger partial charge on any atom is 0.238 e. The molecule has 11 rings (SSSR count). The first-order chi connectivity index (χ1) is 28.6. The van der Waals surface area contributed by atoms with Crippen molar-refractivity contribution >= 4 is 43.6 Å². The zero-order valence-corrected chi connectivity index (χ0v) is 34.3. The lowest BCUT2D eigenvalue weighted by atomic mass is 9.59. The van der Waals surface area contributed by atoms with Crippen LogP contribution in [0.1, 0.15) is 52.7 Å². The van der Waals surface area contributed by atoms with Crippen molar-refractivity contribution in [1.29, 1.82) is 0 Å². The molecule has 59 heavy (non-hydrogen) atoms. The molecule has 0 N–H and O–H groups in total. The second kappa shape index (κ2) is 12.6. The van der Waals surface area contributed by atoms with Crippen LogP contribution < -0.4 is 0 Å². The molecule has 0 fully saturated rings. The maximum absolute atomic E-state index is 5.39. The number of aromatic nitrogens is 5. The Morgan fingerprint density at radius 2 is 0.932 bits per heavy atom. The van der Waals surface area contributed by atoms with E-state index in [1.807, 2.05) is 24.3 Å². The molecule has 286 valence electrons. The molecule has 10 aromatic rings. The van der Waals surface area contributed by atoms with Gasteiger partial charge in [-0.25, -0.2) is 4.98 Å². The minimum Gasteiger partial charge on any atom is -0.309 e. The molecule has 0 aliphatic heterocycles. The molecule has 0 radical (unpaired) electrons. The van der Waals surface area contributed by atoms with Gasteiger partial charge in [0.05, 0.1) is 27.8 Å². The van der Waals surface area contributed by atoms with Crippen molar-refractivity contribution in [2.45, 2.75) is 52.4 Å². The van der Waals surface area contributed by atoms with Gasteiger partial charge in [-0.3, -0.25) is 4.57 Å². The lowest BCUT2D eigenvalue weighted by Crippen LogP contribution is -2.42. The lowest BCUT2D eigenvalue weighted by Gasteiger charge is -2.44. The Morgan fingerprint density at radius 1 is 0.390 bits per heavy atom. The molecule has 7 aromatic carbocycles. The van der Waals surface area contributed by atoms with Gasteiger partial charge in [0.1, 0.15) is 0 Å². The number of benzene rings is 7. The van der Waals surface area contributed by atoms with Crippen LogP contribution in [0.4, 0.5) is 0 Å². The van der Waals surface area contributed by atoms with E-state index in [1.54, 1.807) is 0 Å². The van der Waals surface area contributed by atoms with E-state index < -0.39 is 0 Å². The predicted molar refractivity (Wildman–Crippen MR) is 245 cm³/mol. The van der Waals surface area contributed by atoms with Gasteiger partial charge in [-0.2, -0.15) is 9.97 Å². The molecule has 3 aromatic heterocycles. The predicted octanol–water partition coefficient (Wildman–Crippen LogP) is 13.7. The summed E-state index contributed by atoms with van der Waals surface area (Å²) in [5, 5.41) is 4.77. The Kier molecular flexibility index (Phi) is 7.53. The monoisotopic (exact) mass is 763 g/mol. The molecule has 3 heterocycles. The smallest absolute Gasteiger partial charge is 0.238 e. The fourth-order valence-corrected chi connectivity index (χ4v) is 10.1. The van der Waals surface area contributed by atoms with E-state index in [9.17, 15) is 0 Å². The van der Waals surface area contributed by atoms with Crippen LogP contribution in [0.15, 0.2) is 164 Å². The van der Waals surface area contributed by atoms with Crippen LogP contribution in [0.25, 0.3) is 89.2 Å². The van der Waals surface area contributed by atoms with Crippen molar-refractivity contribution in [3.63, 3.8) is 0 Å². The summed E-state index contributed by atoms with van der Waals surface area (Å²) in [5.74, 6) is 1.83. The number of para-hydroxylation sites is 2. The minimum absolute atomic E-state index is 0.0167. The fraction of sp³-hybridized carbons (Fsp3) is 0.167. The SMILES string of the molecule is CC1(C)c2cccc(-n3c4ccccc4c4cc5c6ccccc6n(-c6nc(-c7ccccc7)nc(-c7ccccc7-c7ccccc7)n6)c5cc43)c2C(C)(C)C1(C)C. The molecule has 5 heteroatoms. The normalized spacial score (nSPS) is 15.4. The Bertz CT molecular complexity index is 3290. The molecule has 0 saturated carbocycles. The summed E-state index contributed by atoms with van der Waals surface area (Å²) in [7, 11) is 0. The Morgan fingerprint density at radius 3 is 1.61 bits per heavy atom. The zero-order valence-electron chi connectivity index (χ0n) is 34.3. The van der Waals surface area contributed by atoms with Crippen molar-refractivity contribution in [3.8, 4) is 45.5 Å². The number of hydrogen-bond donors (Lipinski definition) is 0. The van der Waals surface area contributed by atoms with Crippen LogP contribution >= 0.6 is 0 Å². The van der Waals surface area contributed by atoms with Crippen LogP contribution in [0, 0.1) is 5.41 Å². The van der Waals surface area contributed by atoms with Gasteiger partial charge in [-0.05, 0) is 68.8 Å². The lowest BCUT2D eigenvalue weighted by molar-refractivity contribution is 0.125. The minimum atomic E-state index is -0.0930. The van der Waals surface area contributed by atoms with Gasteiger partial charge in [-0.15, -0.1) is 0 Å². The molecule has 0 saturated heterocycles. The Labute approximate surface area is 344 Å². The molecule has 0 bridgehead atoms. The van der Waals surface area contributed by atoms with E-state index in [0.29, 0.717) is 17.6 Å². The molecule has 0 unspecified atom stereocenters. The first-order valence-electron chi connectivity index (χ1n) is 20.6. The summed E-state index contributed by atoms with van der Waals surface area (Å²) < 4.78 is 4.77. The third-order valence-corrected chi connectivity index (χ3v) is 14.3. The van der Waals surface area contributed by atoms with E-state index in [1.165, 1.54) is 33.1 Å². The number of nitrogens with zero attached hydrogens (tertiary/aromatic N) is 5. The van der Waals surface area contributed by atoms with E-state index in [2.05, 4.69) is 190 Å². The van der Waals surface area contributed by atoms with E-state index >= 15 is 0 Å². The highest BCUT2D eigenvalue weighted by Gasteiger charge is 2.57.